The summed E-state index contributed by atoms with van der Waals surface area (Å²) in [4.78, 5) is 13.9. The molecule has 1 N–H and O–H groups in total. The van der Waals surface area contributed by atoms with Gasteiger partial charge in [-0.2, -0.15) is 0 Å². The second kappa shape index (κ2) is 10.9. The quantitative estimate of drug-likeness (QED) is 0.337. The fourth-order valence-electron chi connectivity index (χ4n) is 3.10. The molecule has 0 radical (unpaired) electrons. The molecule has 0 aliphatic rings. The lowest BCUT2D eigenvalue weighted by molar-refractivity contribution is -0.119. The molecule has 0 aliphatic heterocycles. The van der Waals surface area contributed by atoms with Crippen LogP contribution < -0.4 is 9.62 Å². The highest BCUT2D eigenvalue weighted by Gasteiger charge is 2.28. The lowest BCUT2D eigenvalue weighted by Crippen LogP contribution is -2.41. The van der Waals surface area contributed by atoms with Gasteiger partial charge in [-0.15, -0.1) is 11.8 Å². The van der Waals surface area contributed by atoms with Gasteiger partial charge in [-0.05, 0) is 67.4 Å². The van der Waals surface area contributed by atoms with Crippen molar-refractivity contribution in [3.63, 3.8) is 0 Å². The van der Waals surface area contributed by atoms with Crippen LogP contribution in [0.3, 0.4) is 0 Å². The van der Waals surface area contributed by atoms with Crippen LogP contribution in [0.1, 0.15) is 11.1 Å². The molecule has 0 aliphatic carbocycles. The predicted molar refractivity (Wildman–Crippen MR) is 132 cm³/mol. The Kier molecular flexibility index (Phi) is 8.23. The number of hydrogen-bond acceptors (Lipinski definition) is 4. The maximum Gasteiger partial charge on any atom is 0.264 e. The molecule has 32 heavy (non-hydrogen) atoms. The maximum atomic E-state index is 13.4. The minimum absolute atomic E-state index is 0.145. The number of rotatable bonds is 9. The van der Waals surface area contributed by atoms with Crippen molar-refractivity contribution in [1.29, 1.82) is 0 Å². The minimum Gasteiger partial charge on any atom is -0.354 e. The number of carbonyl (C=O) groups excluding carboxylic acids is 1. The molecule has 0 unspecified atom stereocenters. The Labute approximate surface area is 198 Å². The van der Waals surface area contributed by atoms with Crippen molar-refractivity contribution in [2.75, 3.05) is 23.1 Å². The zero-order valence-corrected chi connectivity index (χ0v) is 20.3. The Morgan fingerprint density at radius 3 is 2.34 bits per heavy atom. The van der Waals surface area contributed by atoms with E-state index in [9.17, 15) is 13.2 Å². The zero-order valence-electron chi connectivity index (χ0n) is 17.9. The third-order valence-corrected chi connectivity index (χ3v) is 8.01. The lowest BCUT2D eigenvalue weighted by atomic mass is 10.1. The topological polar surface area (TPSA) is 66.5 Å². The summed E-state index contributed by atoms with van der Waals surface area (Å²) in [5.41, 5.74) is 2.27. The molecular weight excluding hydrogens is 464 g/mol. The van der Waals surface area contributed by atoms with E-state index >= 15 is 0 Å². The number of halogens is 1. The molecule has 3 aromatic carbocycles. The highest BCUT2D eigenvalue weighted by molar-refractivity contribution is 7.99. The first-order chi connectivity index (χ1) is 15.3. The van der Waals surface area contributed by atoms with Crippen LogP contribution in [-0.2, 0) is 14.8 Å². The second-order valence-electron chi connectivity index (χ2n) is 7.20. The monoisotopic (exact) mass is 488 g/mol. The van der Waals surface area contributed by atoms with Gasteiger partial charge in [-0.3, -0.25) is 9.10 Å². The minimum atomic E-state index is -3.91. The first-order valence-electron chi connectivity index (χ1n) is 10.1. The molecule has 3 aromatic rings. The first-order valence-corrected chi connectivity index (χ1v) is 12.9. The second-order valence-corrected chi connectivity index (χ2v) is 10.7. The smallest absolute Gasteiger partial charge is 0.264 e. The van der Waals surface area contributed by atoms with Gasteiger partial charge in [0.15, 0.2) is 0 Å². The number of nitrogens with one attached hydrogen (secondary N) is 1. The van der Waals surface area contributed by atoms with E-state index in [2.05, 4.69) is 5.32 Å². The van der Waals surface area contributed by atoms with Crippen LogP contribution in [0.15, 0.2) is 82.6 Å². The van der Waals surface area contributed by atoms with Gasteiger partial charge in [0.1, 0.15) is 6.54 Å². The van der Waals surface area contributed by atoms with E-state index in [4.69, 9.17) is 11.6 Å². The number of sulfonamides is 1. The van der Waals surface area contributed by atoms with Gasteiger partial charge in [0, 0.05) is 22.2 Å². The standard InChI is InChI=1S/C24H25ClN2O3S2/c1-18-7-6-10-23(19(18)2)27(32(29,30)22-8-4-3-5-9-22)17-24(28)26-15-16-31-21-13-11-20(25)12-14-21/h3-14H,15-17H2,1-2H3,(H,26,28). The molecule has 8 heteroatoms. The molecule has 0 aromatic heterocycles. The van der Waals surface area contributed by atoms with Crippen molar-refractivity contribution in [3.05, 3.63) is 88.9 Å². The molecule has 0 bridgehead atoms. The fourth-order valence-corrected chi connectivity index (χ4v) is 5.50. The lowest BCUT2D eigenvalue weighted by Gasteiger charge is -2.26. The van der Waals surface area contributed by atoms with E-state index in [-0.39, 0.29) is 17.3 Å². The average Bonchev–Trinajstić information content (AvgIpc) is 2.79. The van der Waals surface area contributed by atoms with Gasteiger partial charge in [-0.1, -0.05) is 41.9 Å². The molecule has 0 spiro atoms. The molecular formula is C24H25ClN2O3S2. The number of amides is 1. The molecule has 0 heterocycles. The van der Waals surface area contributed by atoms with Crippen molar-refractivity contribution in [3.8, 4) is 0 Å². The number of aryl methyl sites for hydroxylation is 1. The third-order valence-electron chi connectivity index (χ3n) is 4.97. The summed E-state index contributed by atoms with van der Waals surface area (Å²) in [5, 5.41) is 3.51. The molecule has 168 valence electrons. The zero-order chi connectivity index (χ0) is 23.1. The summed E-state index contributed by atoms with van der Waals surface area (Å²) in [6.07, 6.45) is 0. The highest BCUT2D eigenvalue weighted by Crippen LogP contribution is 2.28. The summed E-state index contributed by atoms with van der Waals surface area (Å²) in [6.45, 7) is 3.89. The van der Waals surface area contributed by atoms with Gasteiger partial charge in [-0.25, -0.2) is 8.42 Å². The van der Waals surface area contributed by atoms with Gasteiger partial charge in [0.2, 0.25) is 5.91 Å². The fraction of sp³-hybridized carbons (Fsp3) is 0.208. The van der Waals surface area contributed by atoms with Crippen LogP contribution in [0.4, 0.5) is 5.69 Å². The van der Waals surface area contributed by atoms with E-state index in [1.54, 1.807) is 42.1 Å². The van der Waals surface area contributed by atoms with Crippen LogP contribution in [0.2, 0.25) is 5.02 Å². The van der Waals surface area contributed by atoms with Crippen LogP contribution in [0.25, 0.3) is 0 Å². The van der Waals surface area contributed by atoms with E-state index in [0.29, 0.717) is 23.0 Å². The number of hydrogen-bond donors (Lipinski definition) is 1. The molecule has 0 saturated heterocycles. The molecule has 0 saturated carbocycles. The summed E-state index contributed by atoms with van der Waals surface area (Å²) in [5.74, 6) is 0.296. The number of benzene rings is 3. The summed E-state index contributed by atoms with van der Waals surface area (Å²) in [6, 6.07) is 21.1. The van der Waals surface area contributed by atoms with E-state index in [0.717, 1.165) is 16.0 Å². The van der Waals surface area contributed by atoms with Crippen LogP contribution in [0.5, 0.6) is 0 Å². The first kappa shape index (κ1) is 24.2. The summed E-state index contributed by atoms with van der Waals surface area (Å²) >= 11 is 7.48. The Morgan fingerprint density at radius 1 is 0.969 bits per heavy atom. The number of anilines is 1. The number of thioether (sulfide) groups is 1. The average molecular weight is 489 g/mol. The van der Waals surface area contributed by atoms with E-state index in [1.807, 2.05) is 44.2 Å². The Hall–Kier alpha value is -2.48. The number of nitrogens with zero attached hydrogens (tertiary/aromatic N) is 1. The van der Waals surface area contributed by atoms with Crippen LogP contribution in [0, 0.1) is 13.8 Å². The van der Waals surface area contributed by atoms with Crippen molar-refractivity contribution in [2.24, 2.45) is 0 Å². The van der Waals surface area contributed by atoms with Gasteiger partial charge in [0.25, 0.3) is 10.0 Å². The van der Waals surface area contributed by atoms with Crippen molar-refractivity contribution in [1.82, 2.24) is 5.32 Å². The Balaban J connectivity index is 1.73. The van der Waals surface area contributed by atoms with Crippen molar-refractivity contribution >= 4 is 45.0 Å². The summed E-state index contributed by atoms with van der Waals surface area (Å²) in [7, 11) is -3.91. The molecule has 0 atom stereocenters. The SMILES string of the molecule is Cc1cccc(N(CC(=O)NCCSc2ccc(Cl)cc2)S(=O)(=O)c2ccccc2)c1C. The van der Waals surface area contributed by atoms with Crippen molar-refractivity contribution < 1.29 is 13.2 Å². The molecule has 0 fully saturated rings. The summed E-state index contributed by atoms with van der Waals surface area (Å²) < 4.78 is 28.0. The molecule has 5 nitrogen and oxygen atoms in total. The Bertz CT molecular complexity index is 1170. The normalized spacial score (nSPS) is 11.2. The molecule has 3 rings (SSSR count). The maximum absolute atomic E-state index is 13.4. The Morgan fingerprint density at radius 2 is 1.66 bits per heavy atom. The van der Waals surface area contributed by atoms with E-state index in [1.165, 1.54) is 16.4 Å². The van der Waals surface area contributed by atoms with Gasteiger partial charge in [0.05, 0.1) is 10.6 Å². The van der Waals surface area contributed by atoms with Crippen LogP contribution >= 0.6 is 23.4 Å². The van der Waals surface area contributed by atoms with Crippen LogP contribution in [-0.4, -0.2) is 33.2 Å². The number of carbonyl (C=O) groups is 1. The highest BCUT2D eigenvalue weighted by atomic mass is 35.5. The van der Waals surface area contributed by atoms with Crippen molar-refractivity contribution in [2.45, 2.75) is 23.6 Å². The largest absolute Gasteiger partial charge is 0.354 e. The predicted octanol–water partition coefficient (Wildman–Crippen LogP) is 5.06. The third kappa shape index (κ3) is 6.06. The van der Waals surface area contributed by atoms with Gasteiger partial charge < -0.3 is 5.32 Å². The van der Waals surface area contributed by atoms with E-state index < -0.39 is 10.0 Å². The van der Waals surface area contributed by atoms with Gasteiger partial charge >= 0.3 is 0 Å². The molecule has 1 amide bonds.